The molecule has 31 heavy (non-hydrogen) atoms. The average Bonchev–Trinajstić information content (AvgIpc) is 3.22. The molecule has 0 aliphatic carbocycles. The number of ether oxygens (including phenoxy) is 1. The van der Waals surface area contributed by atoms with Crippen LogP contribution in [0.1, 0.15) is 40.7 Å². The number of ketones is 1. The molecule has 4 rings (SSSR count). The van der Waals surface area contributed by atoms with E-state index in [0.29, 0.717) is 17.2 Å². The van der Waals surface area contributed by atoms with Crippen molar-refractivity contribution in [1.82, 2.24) is 0 Å². The number of benzene rings is 2. The Morgan fingerprint density at radius 1 is 1.16 bits per heavy atom. The van der Waals surface area contributed by atoms with Crippen LogP contribution in [-0.4, -0.2) is 36.4 Å². The molecule has 0 unspecified atom stereocenters. The van der Waals surface area contributed by atoms with Crippen molar-refractivity contribution in [3.05, 3.63) is 70.0 Å². The lowest BCUT2D eigenvalue weighted by Gasteiger charge is -2.31. The number of Topliss-reactive ketones (excluding diaryl/α,β-unsaturated/α-hetero) is 1. The maximum Gasteiger partial charge on any atom is 0.338 e. The quantitative estimate of drug-likeness (QED) is 0.247. The van der Waals surface area contributed by atoms with Gasteiger partial charge in [0.2, 0.25) is 5.78 Å². The third kappa shape index (κ3) is 4.42. The number of carbonyl (C=O) groups is 2. The molecule has 0 bridgehead atoms. The number of rotatable bonds is 6. The Bertz CT molecular complexity index is 1110. The Balaban J connectivity index is 1.46. The van der Waals surface area contributed by atoms with Crippen molar-refractivity contribution in [1.29, 1.82) is 0 Å². The minimum Gasteiger partial charge on any atom is -0.454 e. The van der Waals surface area contributed by atoms with Gasteiger partial charge < -0.3 is 14.1 Å². The Kier molecular flexibility index (Phi) is 5.70. The molecular weight excluding hydrogens is 400 g/mol. The van der Waals surface area contributed by atoms with Gasteiger partial charge in [-0.2, -0.15) is 0 Å². The molecule has 1 aliphatic heterocycles. The summed E-state index contributed by atoms with van der Waals surface area (Å²) < 4.78 is 10.6. The lowest BCUT2D eigenvalue weighted by Crippen LogP contribution is -2.33. The molecule has 8 heteroatoms. The van der Waals surface area contributed by atoms with Crippen LogP contribution in [0.25, 0.3) is 11.0 Å². The molecule has 2 aromatic carbocycles. The van der Waals surface area contributed by atoms with Gasteiger partial charge in [0.25, 0.3) is 5.69 Å². The molecule has 0 N–H and O–H groups in total. The lowest BCUT2D eigenvalue weighted by atomic mass is 9.98. The first-order chi connectivity index (χ1) is 14.9. The number of anilines is 1. The Morgan fingerprint density at radius 3 is 2.61 bits per heavy atom. The predicted octanol–water partition coefficient (Wildman–Crippen LogP) is 4.62. The van der Waals surface area contributed by atoms with E-state index in [0.717, 1.165) is 31.3 Å². The molecule has 3 aromatic rings. The van der Waals surface area contributed by atoms with E-state index >= 15 is 0 Å². The van der Waals surface area contributed by atoms with E-state index in [2.05, 4.69) is 6.92 Å². The summed E-state index contributed by atoms with van der Waals surface area (Å²) in [5, 5.41) is 12.4. The molecule has 8 nitrogen and oxygen atoms in total. The fourth-order valence-corrected chi connectivity index (χ4v) is 3.72. The Hall–Kier alpha value is -3.68. The number of nitro groups is 1. The van der Waals surface area contributed by atoms with Gasteiger partial charge in [-0.1, -0.05) is 25.1 Å². The van der Waals surface area contributed by atoms with Gasteiger partial charge in [0, 0.05) is 24.5 Å². The summed E-state index contributed by atoms with van der Waals surface area (Å²) in [6, 6.07) is 13.0. The molecular formula is C23H22N2O6. The summed E-state index contributed by atoms with van der Waals surface area (Å²) in [5.74, 6) is -0.604. The summed E-state index contributed by atoms with van der Waals surface area (Å²) in [5.41, 5.74) is 0.938. The number of hydrogen-bond donors (Lipinski definition) is 0. The number of para-hydroxylation sites is 1. The second-order valence-electron chi connectivity index (χ2n) is 7.78. The van der Waals surface area contributed by atoms with Crippen molar-refractivity contribution < 1.29 is 23.7 Å². The average molecular weight is 422 g/mol. The van der Waals surface area contributed by atoms with Crippen LogP contribution in [0.2, 0.25) is 0 Å². The number of piperidine rings is 1. The van der Waals surface area contributed by atoms with Crippen molar-refractivity contribution in [3.63, 3.8) is 0 Å². The summed E-state index contributed by atoms with van der Waals surface area (Å²) >= 11 is 0. The standard InChI is InChI=1S/C23H22N2O6/c1-15-8-10-24(11-9-15)18-7-6-17(12-19(18)25(28)29)23(27)30-14-20(26)22-13-16-4-2-3-5-21(16)31-22/h2-7,12-13,15H,8-11,14H2,1H3. The zero-order valence-corrected chi connectivity index (χ0v) is 17.1. The third-order valence-electron chi connectivity index (χ3n) is 5.57. The molecule has 2 heterocycles. The van der Waals surface area contributed by atoms with Gasteiger partial charge in [-0.05, 0) is 43.0 Å². The third-order valence-corrected chi connectivity index (χ3v) is 5.57. The Morgan fingerprint density at radius 2 is 1.90 bits per heavy atom. The van der Waals surface area contributed by atoms with Crippen LogP contribution in [-0.2, 0) is 4.74 Å². The van der Waals surface area contributed by atoms with Gasteiger partial charge in [0.1, 0.15) is 11.3 Å². The van der Waals surface area contributed by atoms with Crippen molar-refractivity contribution in [2.75, 3.05) is 24.6 Å². The summed E-state index contributed by atoms with van der Waals surface area (Å²) in [6.45, 7) is 3.12. The molecule has 1 fully saturated rings. The highest BCUT2D eigenvalue weighted by atomic mass is 16.6. The zero-order chi connectivity index (χ0) is 22.0. The molecule has 1 aliphatic rings. The summed E-state index contributed by atoms with van der Waals surface area (Å²) in [6.07, 6.45) is 1.93. The van der Waals surface area contributed by atoms with E-state index < -0.39 is 23.3 Å². The van der Waals surface area contributed by atoms with Crippen molar-refractivity contribution in [2.24, 2.45) is 5.92 Å². The van der Waals surface area contributed by atoms with E-state index in [1.165, 1.54) is 12.1 Å². The highest BCUT2D eigenvalue weighted by molar-refractivity contribution is 6.00. The minimum absolute atomic E-state index is 0.0261. The van der Waals surface area contributed by atoms with Gasteiger partial charge in [0.05, 0.1) is 10.5 Å². The number of esters is 1. The number of nitro benzene ring substituents is 1. The van der Waals surface area contributed by atoms with Gasteiger partial charge >= 0.3 is 5.97 Å². The van der Waals surface area contributed by atoms with E-state index in [4.69, 9.17) is 9.15 Å². The smallest absolute Gasteiger partial charge is 0.338 e. The molecule has 1 saturated heterocycles. The van der Waals surface area contributed by atoms with E-state index in [9.17, 15) is 19.7 Å². The minimum atomic E-state index is -0.800. The maximum absolute atomic E-state index is 12.4. The maximum atomic E-state index is 12.4. The van der Waals surface area contributed by atoms with Crippen LogP contribution in [0.4, 0.5) is 11.4 Å². The van der Waals surface area contributed by atoms with E-state index in [-0.39, 0.29) is 17.0 Å². The largest absolute Gasteiger partial charge is 0.454 e. The molecule has 0 radical (unpaired) electrons. The van der Waals surface area contributed by atoms with E-state index in [1.54, 1.807) is 24.3 Å². The van der Waals surface area contributed by atoms with Crippen molar-refractivity contribution >= 4 is 34.1 Å². The van der Waals surface area contributed by atoms with Gasteiger partial charge in [-0.3, -0.25) is 14.9 Å². The fraction of sp³-hybridized carbons (Fsp3) is 0.304. The number of hydrogen-bond acceptors (Lipinski definition) is 7. The number of nitrogens with zero attached hydrogens (tertiary/aromatic N) is 2. The molecule has 0 amide bonds. The first-order valence-corrected chi connectivity index (χ1v) is 10.1. The van der Waals surface area contributed by atoms with Crippen LogP contribution in [0.15, 0.2) is 52.9 Å². The fourth-order valence-electron chi connectivity index (χ4n) is 3.72. The molecule has 0 atom stereocenters. The molecule has 1 aromatic heterocycles. The number of fused-ring (bicyclic) bond motifs is 1. The second-order valence-corrected chi connectivity index (χ2v) is 7.78. The normalized spacial score (nSPS) is 14.5. The van der Waals surface area contributed by atoms with Crippen LogP contribution >= 0.6 is 0 Å². The van der Waals surface area contributed by atoms with Crippen molar-refractivity contribution in [3.8, 4) is 0 Å². The van der Waals surface area contributed by atoms with Gasteiger partial charge in [-0.15, -0.1) is 0 Å². The Labute approximate surface area is 178 Å². The predicted molar refractivity (Wildman–Crippen MR) is 115 cm³/mol. The molecule has 0 spiro atoms. The highest BCUT2D eigenvalue weighted by Crippen LogP contribution is 2.32. The number of furan rings is 1. The topological polar surface area (TPSA) is 103 Å². The molecule has 0 saturated carbocycles. The summed E-state index contributed by atoms with van der Waals surface area (Å²) in [4.78, 5) is 37.8. The summed E-state index contributed by atoms with van der Waals surface area (Å²) in [7, 11) is 0. The van der Waals surface area contributed by atoms with Crippen LogP contribution in [0.3, 0.4) is 0 Å². The second kappa shape index (κ2) is 8.59. The van der Waals surface area contributed by atoms with E-state index in [1.807, 2.05) is 17.0 Å². The molecule has 160 valence electrons. The monoisotopic (exact) mass is 422 g/mol. The van der Waals surface area contributed by atoms with Crippen LogP contribution < -0.4 is 4.90 Å². The first-order valence-electron chi connectivity index (χ1n) is 10.1. The highest BCUT2D eigenvalue weighted by Gasteiger charge is 2.25. The zero-order valence-electron chi connectivity index (χ0n) is 17.1. The lowest BCUT2D eigenvalue weighted by molar-refractivity contribution is -0.384. The van der Waals surface area contributed by atoms with Gasteiger partial charge in [-0.25, -0.2) is 4.79 Å². The number of carbonyl (C=O) groups excluding carboxylic acids is 2. The van der Waals surface area contributed by atoms with Gasteiger partial charge in [0.15, 0.2) is 12.4 Å². The first kappa shape index (κ1) is 20.6. The van der Waals surface area contributed by atoms with Crippen molar-refractivity contribution in [2.45, 2.75) is 19.8 Å². The van der Waals surface area contributed by atoms with Crippen LogP contribution in [0, 0.1) is 16.0 Å². The SMILES string of the molecule is CC1CCN(c2ccc(C(=O)OCC(=O)c3cc4ccccc4o3)cc2[N+](=O)[O-])CC1. The van der Waals surface area contributed by atoms with Crippen LogP contribution in [0.5, 0.6) is 0 Å².